The Hall–Kier alpha value is -1.53. The van der Waals surface area contributed by atoms with E-state index in [1.54, 1.807) is 6.07 Å². The molecule has 0 atom stereocenters. The molecule has 0 bridgehead atoms. The predicted molar refractivity (Wildman–Crippen MR) is 62.8 cm³/mol. The summed E-state index contributed by atoms with van der Waals surface area (Å²) in [6, 6.07) is 4.44. The Morgan fingerprint density at radius 2 is 2.25 bits per heavy atom. The number of nitrogens with two attached hydrogens (primary N) is 1. The Balaban J connectivity index is 3.19. The van der Waals surface area contributed by atoms with Gasteiger partial charge in [-0.1, -0.05) is 6.08 Å². The number of sulfonamides is 1. The lowest BCUT2D eigenvalue weighted by atomic mass is 10.3. The number of rotatable bonds is 5. The first kappa shape index (κ1) is 12.5. The van der Waals surface area contributed by atoms with Crippen molar-refractivity contribution in [2.75, 3.05) is 19.4 Å². The third-order valence-corrected chi connectivity index (χ3v) is 3.34. The molecule has 0 spiro atoms. The second kappa shape index (κ2) is 5.00. The summed E-state index contributed by atoms with van der Waals surface area (Å²) in [5.41, 5.74) is 5.90. The van der Waals surface area contributed by atoms with Crippen molar-refractivity contribution in [3.8, 4) is 5.75 Å². The van der Waals surface area contributed by atoms with Gasteiger partial charge in [-0.25, -0.2) is 13.1 Å². The SMILES string of the molecule is C=CCNS(=O)(=O)c1cc(N)ccc1OC. The molecule has 1 aromatic rings. The van der Waals surface area contributed by atoms with Crippen molar-refractivity contribution in [2.24, 2.45) is 0 Å². The molecular weight excluding hydrogens is 228 g/mol. The molecule has 0 saturated carbocycles. The molecule has 16 heavy (non-hydrogen) atoms. The molecule has 0 aromatic heterocycles. The number of nitrogen functional groups attached to an aromatic ring is 1. The summed E-state index contributed by atoms with van der Waals surface area (Å²) in [7, 11) is -2.21. The number of nitrogens with one attached hydrogen (secondary N) is 1. The summed E-state index contributed by atoms with van der Waals surface area (Å²) < 4.78 is 31.0. The fourth-order valence-corrected chi connectivity index (χ4v) is 2.35. The molecule has 0 heterocycles. The molecule has 0 aliphatic rings. The third-order valence-electron chi connectivity index (χ3n) is 1.89. The first-order valence-corrected chi connectivity index (χ1v) is 6.03. The normalized spacial score (nSPS) is 11.1. The van der Waals surface area contributed by atoms with E-state index in [0.717, 1.165) is 0 Å². The minimum atomic E-state index is -3.61. The van der Waals surface area contributed by atoms with Gasteiger partial charge in [0.15, 0.2) is 0 Å². The van der Waals surface area contributed by atoms with E-state index in [4.69, 9.17) is 10.5 Å². The molecular formula is C10H14N2O3S. The average Bonchev–Trinajstić information content (AvgIpc) is 2.26. The van der Waals surface area contributed by atoms with Crippen LogP contribution < -0.4 is 15.2 Å². The first-order chi connectivity index (χ1) is 7.51. The lowest BCUT2D eigenvalue weighted by molar-refractivity contribution is 0.402. The van der Waals surface area contributed by atoms with Crippen LogP contribution in [0.3, 0.4) is 0 Å². The number of benzene rings is 1. The summed E-state index contributed by atoms with van der Waals surface area (Å²) in [6.45, 7) is 3.59. The molecule has 0 aliphatic carbocycles. The maximum Gasteiger partial charge on any atom is 0.244 e. The molecule has 0 radical (unpaired) electrons. The van der Waals surface area contributed by atoms with Crippen LogP contribution in [0.4, 0.5) is 5.69 Å². The van der Waals surface area contributed by atoms with Gasteiger partial charge in [-0.05, 0) is 18.2 Å². The fourth-order valence-electron chi connectivity index (χ4n) is 1.15. The van der Waals surface area contributed by atoms with E-state index in [0.29, 0.717) is 5.69 Å². The molecule has 1 rings (SSSR count). The molecule has 0 fully saturated rings. The van der Waals surface area contributed by atoms with Crippen molar-refractivity contribution in [1.82, 2.24) is 4.72 Å². The molecule has 3 N–H and O–H groups in total. The Labute approximate surface area is 95.0 Å². The quantitative estimate of drug-likeness (QED) is 0.589. The van der Waals surface area contributed by atoms with E-state index in [2.05, 4.69) is 11.3 Å². The summed E-state index contributed by atoms with van der Waals surface area (Å²) in [5.74, 6) is 0.255. The molecule has 0 unspecified atom stereocenters. The van der Waals surface area contributed by atoms with Crippen LogP contribution in [0.15, 0.2) is 35.7 Å². The number of methoxy groups -OCH3 is 1. The van der Waals surface area contributed by atoms with Crippen LogP contribution in [0.2, 0.25) is 0 Å². The lowest BCUT2D eigenvalue weighted by Gasteiger charge is -2.10. The Kier molecular flexibility index (Phi) is 3.92. The number of anilines is 1. The Bertz CT molecular complexity index is 483. The summed E-state index contributed by atoms with van der Waals surface area (Å²) in [5, 5.41) is 0. The van der Waals surface area contributed by atoms with Gasteiger partial charge in [0.05, 0.1) is 7.11 Å². The van der Waals surface area contributed by atoms with Crippen molar-refractivity contribution in [1.29, 1.82) is 0 Å². The fraction of sp³-hybridized carbons (Fsp3) is 0.200. The highest BCUT2D eigenvalue weighted by Crippen LogP contribution is 2.25. The van der Waals surface area contributed by atoms with Crippen LogP contribution in [-0.4, -0.2) is 22.1 Å². The zero-order valence-corrected chi connectivity index (χ0v) is 9.75. The van der Waals surface area contributed by atoms with Crippen molar-refractivity contribution >= 4 is 15.7 Å². The van der Waals surface area contributed by atoms with Gasteiger partial charge in [0.2, 0.25) is 10.0 Å². The minimum absolute atomic E-state index is 0.0249. The van der Waals surface area contributed by atoms with Crippen molar-refractivity contribution < 1.29 is 13.2 Å². The largest absolute Gasteiger partial charge is 0.495 e. The monoisotopic (exact) mass is 242 g/mol. The van der Waals surface area contributed by atoms with Crippen LogP contribution in [0.5, 0.6) is 5.75 Å². The molecule has 6 heteroatoms. The van der Waals surface area contributed by atoms with Gasteiger partial charge in [0.25, 0.3) is 0 Å². The number of hydrogen-bond acceptors (Lipinski definition) is 4. The molecule has 0 amide bonds. The third kappa shape index (κ3) is 2.74. The van der Waals surface area contributed by atoms with Crippen LogP contribution in [0.25, 0.3) is 0 Å². The molecule has 88 valence electrons. The van der Waals surface area contributed by atoms with Gasteiger partial charge < -0.3 is 10.5 Å². The van der Waals surface area contributed by atoms with Crippen molar-refractivity contribution in [3.05, 3.63) is 30.9 Å². The van der Waals surface area contributed by atoms with Crippen molar-refractivity contribution in [2.45, 2.75) is 4.90 Å². The van der Waals surface area contributed by atoms with Gasteiger partial charge in [0.1, 0.15) is 10.6 Å². The van der Waals surface area contributed by atoms with Gasteiger partial charge in [0, 0.05) is 12.2 Å². The van der Waals surface area contributed by atoms with E-state index >= 15 is 0 Å². The van der Waals surface area contributed by atoms with E-state index in [1.807, 2.05) is 0 Å². The Morgan fingerprint density at radius 1 is 1.56 bits per heavy atom. The van der Waals surface area contributed by atoms with Crippen LogP contribution in [-0.2, 0) is 10.0 Å². The summed E-state index contributed by atoms with van der Waals surface area (Å²) in [4.78, 5) is 0.0249. The highest BCUT2D eigenvalue weighted by atomic mass is 32.2. The van der Waals surface area contributed by atoms with Gasteiger partial charge >= 0.3 is 0 Å². The van der Waals surface area contributed by atoms with Crippen LogP contribution in [0, 0.1) is 0 Å². The average molecular weight is 242 g/mol. The van der Waals surface area contributed by atoms with E-state index < -0.39 is 10.0 Å². The van der Waals surface area contributed by atoms with Gasteiger partial charge in [-0.3, -0.25) is 0 Å². The molecule has 0 aliphatic heterocycles. The minimum Gasteiger partial charge on any atom is -0.495 e. The maximum atomic E-state index is 11.8. The standard InChI is InChI=1S/C10H14N2O3S/c1-3-6-12-16(13,14)10-7-8(11)4-5-9(10)15-2/h3-5,7,12H,1,6,11H2,2H3. The second-order valence-electron chi connectivity index (χ2n) is 3.05. The zero-order chi connectivity index (χ0) is 12.2. The summed E-state index contributed by atoms with van der Waals surface area (Å²) >= 11 is 0. The van der Waals surface area contributed by atoms with E-state index in [1.165, 1.54) is 25.3 Å². The summed E-state index contributed by atoms with van der Waals surface area (Å²) in [6.07, 6.45) is 1.45. The smallest absolute Gasteiger partial charge is 0.244 e. The van der Waals surface area contributed by atoms with Crippen LogP contribution in [0.1, 0.15) is 0 Å². The zero-order valence-electron chi connectivity index (χ0n) is 8.93. The van der Waals surface area contributed by atoms with Crippen molar-refractivity contribution in [3.63, 3.8) is 0 Å². The Morgan fingerprint density at radius 3 is 2.81 bits per heavy atom. The first-order valence-electron chi connectivity index (χ1n) is 4.55. The van der Waals surface area contributed by atoms with Gasteiger partial charge in [-0.2, -0.15) is 0 Å². The molecule has 0 saturated heterocycles. The predicted octanol–water partition coefficient (Wildman–Crippen LogP) is 0.742. The highest BCUT2D eigenvalue weighted by molar-refractivity contribution is 7.89. The topological polar surface area (TPSA) is 81.4 Å². The van der Waals surface area contributed by atoms with E-state index in [-0.39, 0.29) is 17.2 Å². The number of hydrogen-bond donors (Lipinski definition) is 2. The molecule has 1 aromatic carbocycles. The highest BCUT2D eigenvalue weighted by Gasteiger charge is 2.18. The molecule has 5 nitrogen and oxygen atoms in total. The van der Waals surface area contributed by atoms with Crippen LogP contribution >= 0.6 is 0 Å². The van der Waals surface area contributed by atoms with E-state index in [9.17, 15) is 8.42 Å². The maximum absolute atomic E-state index is 11.8. The number of ether oxygens (including phenoxy) is 1. The van der Waals surface area contributed by atoms with Gasteiger partial charge in [-0.15, -0.1) is 6.58 Å². The lowest BCUT2D eigenvalue weighted by Crippen LogP contribution is -2.24. The second-order valence-corrected chi connectivity index (χ2v) is 4.79.